The highest BCUT2D eigenvalue weighted by Crippen LogP contribution is 2.36. The highest BCUT2D eigenvalue weighted by molar-refractivity contribution is 7.22. The number of fused-ring (bicyclic) bond motifs is 1. The van der Waals surface area contributed by atoms with Gasteiger partial charge in [0.2, 0.25) is 0 Å². The van der Waals surface area contributed by atoms with Crippen LogP contribution in [0, 0.1) is 18.6 Å². The maximum Gasteiger partial charge on any atom is 0.184 e. The van der Waals surface area contributed by atoms with Gasteiger partial charge < -0.3 is 10.2 Å². The molecule has 0 aliphatic carbocycles. The Kier molecular flexibility index (Phi) is 5.69. The average molecular weight is 471 g/mol. The number of halogens is 3. The summed E-state index contributed by atoms with van der Waals surface area (Å²) in [6.45, 7) is 3.83. The molecule has 0 bridgehead atoms. The van der Waals surface area contributed by atoms with Gasteiger partial charge in [0.05, 0.1) is 10.2 Å². The van der Waals surface area contributed by atoms with Crippen LogP contribution >= 0.6 is 22.9 Å². The summed E-state index contributed by atoms with van der Waals surface area (Å²) < 4.78 is 28.3. The van der Waals surface area contributed by atoms with Crippen molar-refractivity contribution in [3.8, 4) is 11.1 Å². The zero-order valence-electron chi connectivity index (χ0n) is 17.4. The number of hydrogen-bond donors (Lipinski definition) is 1. The smallest absolute Gasteiger partial charge is 0.184 e. The summed E-state index contributed by atoms with van der Waals surface area (Å²) in [4.78, 5) is 11.2. The van der Waals surface area contributed by atoms with Gasteiger partial charge in [-0.2, -0.15) is 0 Å². The van der Waals surface area contributed by atoms with Crippen molar-refractivity contribution < 1.29 is 8.78 Å². The molecule has 8 heteroatoms. The average Bonchev–Trinajstić information content (AvgIpc) is 3.17. The van der Waals surface area contributed by atoms with E-state index in [1.807, 2.05) is 25.1 Å². The van der Waals surface area contributed by atoms with Crippen LogP contribution in [0.5, 0.6) is 0 Å². The SMILES string of the molecule is Cc1cc(-c2ccc(F)c(F)c2)c2nc(NC3CCN(c4ccnc(Cl)c4)CC3)sc2c1. The van der Waals surface area contributed by atoms with Gasteiger partial charge in [-0.15, -0.1) is 0 Å². The molecule has 0 atom stereocenters. The standard InChI is InChI=1S/C24H21ClF2N4S/c1-14-10-18(15-2-3-19(26)20(27)12-15)23-21(11-14)32-24(30-23)29-16-5-8-31(9-6-16)17-4-7-28-22(25)13-17/h2-4,7,10-13,16H,5-6,8-9H2,1H3,(H,29,30). The van der Waals surface area contributed by atoms with E-state index in [-0.39, 0.29) is 0 Å². The van der Waals surface area contributed by atoms with Gasteiger partial charge in [0.1, 0.15) is 5.15 Å². The van der Waals surface area contributed by atoms with Gasteiger partial charge in [0.15, 0.2) is 16.8 Å². The summed E-state index contributed by atoms with van der Waals surface area (Å²) in [7, 11) is 0. The van der Waals surface area contributed by atoms with Crippen LogP contribution in [0.25, 0.3) is 21.3 Å². The molecule has 2 aromatic carbocycles. The van der Waals surface area contributed by atoms with Crippen LogP contribution in [0.2, 0.25) is 5.15 Å². The molecule has 0 amide bonds. The highest BCUT2D eigenvalue weighted by atomic mass is 35.5. The third-order valence-electron chi connectivity index (χ3n) is 5.77. The number of anilines is 2. The number of aromatic nitrogens is 2. The lowest BCUT2D eigenvalue weighted by Crippen LogP contribution is -2.39. The van der Waals surface area contributed by atoms with Crippen LogP contribution in [0.3, 0.4) is 0 Å². The molecular weight excluding hydrogens is 450 g/mol. The van der Waals surface area contributed by atoms with Crippen molar-refractivity contribution in [3.63, 3.8) is 0 Å². The second-order valence-corrected chi connectivity index (χ2v) is 9.47. The van der Waals surface area contributed by atoms with E-state index in [2.05, 4.69) is 21.3 Å². The fourth-order valence-electron chi connectivity index (χ4n) is 4.16. The van der Waals surface area contributed by atoms with Gasteiger partial charge in [0.25, 0.3) is 0 Å². The lowest BCUT2D eigenvalue weighted by molar-refractivity contribution is 0.509. The Bertz CT molecular complexity index is 1280. The van der Waals surface area contributed by atoms with Gasteiger partial charge in [-0.3, -0.25) is 0 Å². The molecule has 0 saturated carbocycles. The molecule has 4 aromatic rings. The van der Waals surface area contributed by atoms with Crippen LogP contribution in [0.15, 0.2) is 48.7 Å². The number of nitrogens with zero attached hydrogens (tertiary/aromatic N) is 3. The molecular formula is C24H21ClF2N4S. The molecule has 0 spiro atoms. The molecule has 164 valence electrons. The normalized spacial score (nSPS) is 14.8. The van der Waals surface area contributed by atoms with E-state index in [0.29, 0.717) is 16.8 Å². The Balaban J connectivity index is 1.35. The van der Waals surface area contributed by atoms with Crippen LogP contribution in [0.4, 0.5) is 19.6 Å². The van der Waals surface area contributed by atoms with Crippen LogP contribution in [-0.2, 0) is 0 Å². The fourth-order valence-corrected chi connectivity index (χ4v) is 5.39. The van der Waals surface area contributed by atoms with Gasteiger partial charge in [-0.25, -0.2) is 18.7 Å². The summed E-state index contributed by atoms with van der Waals surface area (Å²) in [6.07, 6.45) is 3.69. The maximum atomic E-state index is 13.8. The quantitative estimate of drug-likeness (QED) is 0.338. The second kappa shape index (κ2) is 8.64. The van der Waals surface area contributed by atoms with Crippen LogP contribution in [-0.4, -0.2) is 29.1 Å². The molecule has 1 aliphatic rings. The number of aryl methyl sites for hydroxylation is 1. The molecule has 1 aliphatic heterocycles. The first-order chi connectivity index (χ1) is 15.5. The van der Waals surface area contributed by atoms with Crippen LogP contribution < -0.4 is 10.2 Å². The zero-order valence-corrected chi connectivity index (χ0v) is 19.0. The Labute approximate surface area is 193 Å². The predicted octanol–water partition coefficient (Wildman–Crippen LogP) is 6.68. The number of benzene rings is 2. The van der Waals surface area contributed by atoms with E-state index in [1.165, 1.54) is 6.07 Å². The summed E-state index contributed by atoms with van der Waals surface area (Å²) in [5.41, 5.74) is 4.39. The highest BCUT2D eigenvalue weighted by Gasteiger charge is 2.21. The minimum atomic E-state index is -0.854. The van der Waals surface area contributed by atoms with E-state index < -0.39 is 11.6 Å². The van der Waals surface area contributed by atoms with Crippen molar-refractivity contribution in [2.45, 2.75) is 25.8 Å². The number of piperidine rings is 1. The lowest BCUT2D eigenvalue weighted by Gasteiger charge is -2.33. The minimum Gasteiger partial charge on any atom is -0.371 e. The van der Waals surface area contributed by atoms with E-state index in [4.69, 9.17) is 16.6 Å². The molecule has 0 unspecified atom stereocenters. The number of rotatable bonds is 4. The maximum absolute atomic E-state index is 13.8. The molecule has 0 radical (unpaired) electrons. The molecule has 3 heterocycles. The number of pyridine rings is 1. The number of nitrogens with one attached hydrogen (secondary N) is 1. The largest absolute Gasteiger partial charge is 0.371 e. The number of thiazole rings is 1. The Morgan fingerprint density at radius 1 is 1.06 bits per heavy atom. The predicted molar refractivity (Wildman–Crippen MR) is 128 cm³/mol. The van der Waals surface area contributed by atoms with Crippen molar-refractivity contribution in [2.24, 2.45) is 0 Å². The monoisotopic (exact) mass is 470 g/mol. The molecule has 5 rings (SSSR count). The van der Waals surface area contributed by atoms with E-state index in [9.17, 15) is 8.78 Å². The first-order valence-electron chi connectivity index (χ1n) is 10.5. The van der Waals surface area contributed by atoms with Gasteiger partial charge in [0, 0.05) is 36.6 Å². The van der Waals surface area contributed by atoms with Crippen molar-refractivity contribution in [1.29, 1.82) is 0 Å². The minimum absolute atomic E-state index is 0.317. The van der Waals surface area contributed by atoms with Crippen LogP contribution in [0.1, 0.15) is 18.4 Å². The van der Waals surface area contributed by atoms with E-state index in [0.717, 1.165) is 64.2 Å². The third-order valence-corrected chi connectivity index (χ3v) is 6.91. The van der Waals surface area contributed by atoms with Crippen molar-refractivity contribution in [2.75, 3.05) is 23.3 Å². The van der Waals surface area contributed by atoms with Crippen molar-refractivity contribution in [3.05, 3.63) is 71.0 Å². The van der Waals surface area contributed by atoms with E-state index >= 15 is 0 Å². The fraction of sp³-hybridized carbons (Fsp3) is 0.250. The second-order valence-electron chi connectivity index (χ2n) is 8.05. The summed E-state index contributed by atoms with van der Waals surface area (Å²) in [5.74, 6) is -1.70. The van der Waals surface area contributed by atoms with Crippen molar-refractivity contribution >= 4 is 44.0 Å². The molecule has 2 aromatic heterocycles. The molecule has 1 fully saturated rings. The molecule has 1 N–H and O–H groups in total. The Morgan fingerprint density at radius 2 is 1.88 bits per heavy atom. The topological polar surface area (TPSA) is 41.1 Å². The van der Waals surface area contributed by atoms with E-state index in [1.54, 1.807) is 23.6 Å². The van der Waals surface area contributed by atoms with Gasteiger partial charge >= 0.3 is 0 Å². The molecule has 4 nitrogen and oxygen atoms in total. The zero-order chi connectivity index (χ0) is 22.2. The summed E-state index contributed by atoms with van der Waals surface area (Å²) in [6, 6.07) is 12.2. The lowest BCUT2D eigenvalue weighted by atomic mass is 10.0. The summed E-state index contributed by atoms with van der Waals surface area (Å²) in [5, 5.41) is 4.93. The first kappa shape index (κ1) is 21.1. The Hall–Kier alpha value is -2.77. The molecule has 1 saturated heterocycles. The first-order valence-corrected chi connectivity index (χ1v) is 11.7. The summed E-state index contributed by atoms with van der Waals surface area (Å²) >= 11 is 7.62. The number of hydrogen-bond acceptors (Lipinski definition) is 5. The van der Waals surface area contributed by atoms with Crippen molar-refractivity contribution in [1.82, 2.24) is 9.97 Å². The molecule has 32 heavy (non-hydrogen) atoms. The Morgan fingerprint density at radius 3 is 2.62 bits per heavy atom. The third kappa shape index (κ3) is 4.27. The van der Waals surface area contributed by atoms with Gasteiger partial charge in [-0.05, 0) is 67.3 Å². The van der Waals surface area contributed by atoms with Gasteiger partial charge in [-0.1, -0.05) is 29.0 Å².